The number of nitrogens with zero attached hydrogens (tertiary/aromatic N) is 2. The van der Waals surface area contributed by atoms with Crippen molar-refractivity contribution in [2.24, 2.45) is 0 Å². The molecule has 1 saturated carbocycles. The average molecular weight is 269 g/mol. The van der Waals surface area contributed by atoms with Crippen molar-refractivity contribution in [3.63, 3.8) is 0 Å². The summed E-state index contributed by atoms with van der Waals surface area (Å²) in [6.45, 7) is 0. The Labute approximate surface area is 94.4 Å². The Kier molecular flexibility index (Phi) is 2.03. The lowest BCUT2D eigenvalue weighted by molar-refractivity contribution is 0.0750. The monoisotopic (exact) mass is 268 g/mol. The Bertz CT molecular complexity index is 505. The molecule has 1 aromatic carbocycles. The Morgan fingerprint density at radius 2 is 2.13 bits per heavy atom. The third kappa shape index (κ3) is 1.46. The lowest BCUT2D eigenvalue weighted by Crippen LogP contribution is -2.26. The molecule has 1 N–H and O–H groups in total. The molecule has 15 heavy (non-hydrogen) atoms. The second-order valence-corrected chi connectivity index (χ2v) is 4.86. The first-order valence-corrected chi connectivity index (χ1v) is 5.63. The summed E-state index contributed by atoms with van der Waals surface area (Å²) >= 11 is 3.43. The van der Waals surface area contributed by atoms with Crippen LogP contribution in [0.25, 0.3) is 11.0 Å². The van der Waals surface area contributed by atoms with E-state index < -0.39 is 0 Å². The molecule has 0 saturated heterocycles. The van der Waals surface area contributed by atoms with Crippen LogP contribution in [0.3, 0.4) is 0 Å². The van der Waals surface area contributed by atoms with Crippen molar-refractivity contribution in [2.75, 3.05) is 0 Å². The molecule has 1 aliphatic rings. The Morgan fingerprint density at radius 1 is 1.33 bits per heavy atom. The van der Waals surface area contributed by atoms with E-state index in [1.807, 2.05) is 12.1 Å². The van der Waals surface area contributed by atoms with Crippen molar-refractivity contribution in [2.45, 2.75) is 24.9 Å². The Morgan fingerprint density at radius 3 is 2.87 bits per heavy atom. The molecular weight excluding hydrogens is 260 g/mol. The van der Waals surface area contributed by atoms with Crippen LogP contribution in [-0.4, -0.2) is 21.5 Å². The van der Waals surface area contributed by atoms with Gasteiger partial charge < -0.3 is 5.11 Å². The van der Waals surface area contributed by atoms with Crippen molar-refractivity contribution in [3.8, 4) is 0 Å². The lowest BCUT2D eigenvalue weighted by Gasteiger charge is -2.31. The summed E-state index contributed by atoms with van der Waals surface area (Å²) in [5.74, 6) is 0.381. The van der Waals surface area contributed by atoms with Crippen LogP contribution in [0.1, 0.15) is 24.3 Å². The summed E-state index contributed by atoms with van der Waals surface area (Å²) in [5.41, 5.74) is 2.70. The summed E-state index contributed by atoms with van der Waals surface area (Å²) in [7, 11) is 0. The number of rotatable bonds is 1. The highest BCUT2D eigenvalue weighted by molar-refractivity contribution is 9.10. The van der Waals surface area contributed by atoms with E-state index in [9.17, 15) is 5.11 Å². The molecule has 0 aliphatic heterocycles. The van der Waals surface area contributed by atoms with Crippen molar-refractivity contribution >= 4 is 27.0 Å². The zero-order valence-corrected chi connectivity index (χ0v) is 9.44. The van der Waals surface area contributed by atoms with E-state index in [4.69, 9.17) is 4.63 Å². The van der Waals surface area contributed by atoms with Crippen LogP contribution in [0.2, 0.25) is 0 Å². The fourth-order valence-corrected chi connectivity index (χ4v) is 2.50. The molecule has 0 spiro atoms. The maximum atomic E-state index is 9.30. The van der Waals surface area contributed by atoms with Gasteiger partial charge in [-0.2, -0.15) is 0 Å². The molecule has 3 rings (SSSR count). The van der Waals surface area contributed by atoms with E-state index in [0.717, 1.165) is 33.9 Å². The van der Waals surface area contributed by atoms with Gasteiger partial charge in [-0.15, -0.1) is 0 Å². The van der Waals surface area contributed by atoms with Gasteiger partial charge in [-0.3, -0.25) is 0 Å². The van der Waals surface area contributed by atoms with Crippen molar-refractivity contribution in [1.82, 2.24) is 10.3 Å². The van der Waals surface area contributed by atoms with Gasteiger partial charge in [0, 0.05) is 4.47 Å². The van der Waals surface area contributed by atoms with Gasteiger partial charge in [-0.1, -0.05) is 15.9 Å². The van der Waals surface area contributed by atoms with Crippen LogP contribution in [-0.2, 0) is 0 Å². The molecule has 0 amide bonds. The van der Waals surface area contributed by atoms with E-state index in [0.29, 0.717) is 5.92 Å². The number of benzene rings is 1. The molecule has 1 aromatic heterocycles. The van der Waals surface area contributed by atoms with Gasteiger partial charge >= 0.3 is 0 Å². The van der Waals surface area contributed by atoms with Crippen LogP contribution in [0.4, 0.5) is 0 Å². The van der Waals surface area contributed by atoms with Gasteiger partial charge in [0.1, 0.15) is 11.0 Å². The number of hydrogen-bond donors (Lipinski definition) is 1. The highest BCUT2D eigenvalue weighted by Gasteiger charge is 2.31. The normalized spacial score (nSPS) is 25.5. The van der Waals surface area contributed by atoms with Gasteiger partial charge in [-0.25, -0.2) is 4.63 Å². The first-order chi connectivity index (χ1) is 7.24. The van der Waals surface area contributed by atoms with Gasteiger partial charge in [0.2, 0.25) is 0 Å². The van der Waals surface area contributed by atoms with Crippen molar-refractivity contribution in [1.29, 1.82) is 0 Å². The smallest absolute Gasteiger partial charge is 0.138 e. The largest absolute Gasteiger partial charge is 0.393 e. The van der Waals surface area contributed by atoms with E-state index in [1.54, 1.807) is 0 Å². The predicted molar refractivity (Wildman–Crippen MR) is 57.5 cm³/mol. The van der Waals surface area contributed by atoms with Gasteiger partial charge in [0.15, 0.2) is 0 Å². The molecule has 1 aliphatic carbocycles. The molecule has 78 valence electrons. The minimum Gasteiger partial charge on any atom is -0.393 e. The summed E-state index contributed by atoms with van der Waals surface area (Å²) < 4.78 is 5.70. The molecular formula is C10H9BrN2O2. The SMILES string of the molecule is OC1CC(c2cc(Br)cc3nonc23)C1. The van der Waals surface area contributed by atoms with E-state index in [2.05, 4.69) is 26.2 Å². The number of aliphatic hydroxyl groups is 1. The number of aliphatic hydroxyl groups excluding tert-OH is 1. The number of aromatic nitrogens is 2. The van der Waals surface area contributed by atoms with Gasteiger partial charge in [0.05, 0.1) is 6.10 Å². The number of halogens is 1. The summed E-state index contributed by atoms with van der Waals surface area (Å²) in [6.07, 6.45) is 1.44. The second-order valence-electron chi connectivity index (χ2n) is 3.95. The van der Waals surface area contributed by atoms with E-state index in [1.165, 1.54) is 0 Å². The minimum absolute atomic E-state index is 0.163. The molecule has 1 heterocycles. The molecule has 4 nitrogen and oxygen atoms in total. The molecule has 0 bridgehead atoms. The maximum Gasteiger partial charge on any atom is 0.138 e. The standard InChI is InChI=1S/C10H9BrN2O2/c11-6-3-8(5-1-7(14)2-5)10-9(4-6)12-15-13-10/h3-5,7,14H,1-2H2. The molecule has 5 heteroatoms. The second kappa shape index (κ2) is 3.28. The maximum absolute atomic E-state index is 9.30. The number of fused-ring (bicyclic) bond motifs is 1. The Balaban J connectivity index is 2.12. The van der Waals surface area contributed by atoms with Crippen molar-refractivity contribution < 1.29 is 9.74 Å². The predicted octanol–water partition coefficient (Wildman–Crippen LogP) is 2.22. The van der Waals surface area contributed by atoms with Crippen molar-refractivity contribution in [3.05, 3.63) is 22.2 Å². The number of hydrogen-bond acceptors (Lipinski definition) is 4. The van der Waals surface area contributed by atoms with E-state index in [-0.39, 0.29) is 6.10 Å². The highest BCUT2D eigenvalue weighted by Crippen LogP contribution is 2.40. The quantitative estimate of drug-likeness (QED) is 0.862. The highest BCUT2D eigenvalue weighted by atomic mass is 79.9. The zero-order valence-electron chi connectivity index (χ0n) is 7.85. The fraction of sp³-hybridized carbons (Fsp3) is 0.400. The third-order valence-electron chi connectivity index (χ3n) is 2.91. The van der Waals surface area contributed by atoms with Crippen LogP contribution >= 0.6 is 15.9 Å². The molecule has 0 atom stereocenters. The topological polar surface area (TPSA) is 59.2 Å². The first-order valence-electron chi connectivity index (χ1n) is 4.84. The molecule has 0 unspecified atom stereocenters. The fourth-order valence-electron chi connectivity index (χ4n) is 2.03. The molecule has 2 aromatic rings. The van der Waals surface area contributed by atoms with Gasteiger partial charge in [-0.05, 0) is 46.8 Å². The van der Waals surface area contributed by atoms with Crippen LogP contribution in [0.15, 0.2) is 21.2 Å². The van der Waals surface area contributed by atoms with Gasteiger partial charge in [0.25, 0.3) is 0 Å². The first kappa shape index (κ1) is 9.30. The average Bonchev–Trinajstić information content (AvgIpc) is 2.59. The zero-order chi connectivity index (χ0) is 10.4. The summed E-state index contributed by atoms with van der Waals surface area (Å²) in [5, 5.41) is 17.0. The van der Waals surface area contributed by atoms with Crippen LogP contribution in [0, 0.1) is 0 Å². The lowest BCUT2D eigenvalue weighted by atomic mass is 9.77. The summed E-state index contributed by atoms with van der Waals surface area (Å²) in [4.78, 5) is 0. The Hall–Kier alpha value is -0.940. The van der Waals surface area contributed by atoms with E-state index >= 15 is 0 Å². The third-order valence-corrected chi connectivity index (χ3v) is 3.37. The molecule has 1 fully saturated rings. The minimum atomic E-state index is -0.163. The molecule has 0 radical (unpaired) electrons. The van der Waals surface area contributed by atoms with Crippen LogP contribution < -0.4 is 0 Å². The van der Waals surface area contributed by atoms with Crippen LogP contribution in [0.5, 0.6) is 0 Å². The summed E-state index contributed by atoms with van der Waals surface area (Å²) in [6, 6.07) is 3.91.